The quantitative estimate of drug-likeness (QED) is 0.845. The molecule has 2 saturated carbocycles. The normalized spacial score (nSPS) is 20.4. The molecule has 114 valence electrons. The van der Waals surface area contributed by atoms with Gasteiger partial charge >= 0.3 is 0 Å². The molecular formula is C18H26N2O. The summed E-state index contributed by atoms with van der Waals surface area (Å²) >= 11 is 0. The Kier molecular flexibility index (Phi) is 4.29. The molecule has 0 aromatic heterocycles. The minimum absolute atomic E-state index is 0.0721. The molecule has 21 heavy (non-hydrogen) atoms. The van der Waals surface area contributed by atoms with Crippen molar-refractivity contribution in [2.24, 2.45) is 5.73 Å². The predicted octanol–water partition coefficient (Wildman–Crippen LogP) is 2.71. The summed E-state index contributed by atoms with van der Waals surface area (Å²) in [4.78, 5) is 11.9. The van der Waals surface area contributed by atoms with E-state index in [1.165, 1.54) is 24.0 Å². The second-order valence-corrected chi connectivity index (χ2v) is 6.90. The van der Waals surface area contributed by atoms with Crippen LogP contribution in [0.4, 0.5) is 0 Å². The van der Waals surface area contributed by atoms with Crippen LogP contribution in [0.25, 0.3) is 0 Å². The van der Waals surface area contributed by atoms with E-state index in [-0.39, 0.29) is 11.4 Å². The number of aryl methyl sites for hydroxylation is 1. The average molecular weight is 286 g/mol. The molecule has 1 aromatic rings. The van der Waals surface area contributed by atoms with Crippen molar-refractivity contribution in [2.75, 3.05) is 0 Å². The van der Waals surface area contributed by atoms with Gasteiger partial charge in [0.1, 0.15) is 0 Å². The third-order valence-corrected chi connectivity index (χ3v) is 4.83. The lowest BCUT2D eigenvalue weighted by molar-refractivity contribution is -0.121. The molecule has 1 aromatic carbocycles. The molecule has 0 aliphatic heterocycles. The smallest absolute Gasteiger partial charge is 0.220 e. The van der Waals surface area contributed by atoms with Gasteiger partial charge in [-0.05, 0) is 49.7 Å². The van der Waals surface area contributed by atoms with Gasteiger partial charge in [-0.3, -0.25) is 4.79 Å². The highest BCUT2D eigenvalue weighted by Crippen LogP contribution is 2.35. The maximum atomic E-state index is 11.9. The third-order valence-electron chi connectivity index (χ3n) is 4.83. The Balaban J connectivity index is 1.43. The van der Waals surface area contributed by atoms with E-state index in [0.29, 0.717) is 12.5 Å². The molecule has 0 saturated heterocycles. The molecule has 0 radical (unpaired) electrons. The van der Waals surface area contributed by atoms with Crippen LogP contribution < -0.4 is 11.1 Å². The Morgan fingerprint density at radius 3 is 2.38 bits per heavy atom. The van der Waals surface area contributed by atoms with Crippen molar-refractivity contribution in [3.05, 3.63) is 35.4 Å². The van der Waals surface area contributed by atoms with Crippen molar-refractivity contribution in [1.82, 2.24) is 5.32 Å². The van der Waals surface area contributed by atoms with Gasteiger partial charge < -0.3 is 11.1 Å². The second kappa shape index (κ2) is 6.18. The Bertz CT molecular complexity index is 484. The zero-order chi connectivity index (χ0) is 14.7. The standard InChI is InChI=1S/C18H26N2O/c19-18(11-12-18)13-15-7-5-14(6-8-15)9-10-17(21)20-16-3-1-2-4-16/h5-8,16H,1-4,9-13,19H2,(H,20,21). The van der Waals surface area contributed by atoms with E-state index in [2.05, 4.69) is 29.6 Å². The number of carbonyl (C=O) groups is 1. The van der Waals surface area contributed by atoms with E-state index in [1.807, 2.05) is 0 Å². The number of amides is 1. The first-order valence-corrected chi connectivity index (χ1v) is 8.29. The highest BCUT2D eigenvalue weighted by Gasteiger charge is 2.37. The van der Waals surface area contributed by atoms with Crippen molar-refractivity contribution in [2.45, 2.75) is 69.4 Å². The van der Waals surface area contributed by atoms with Crippen LogP contribution in [-0.2, 0) is 17.6 Å². The first-order valence-electron chi connectivity index (χ1n) is 8.29. The van der Waals surface area contributed by atoms with Crippen molar-refractivity contribution in [3.63, 3.8) is 0 Å². The van der Waals surface area contributed by atoms with E-state index in [4.69, 9.17) is 5.73 Å². The Hall–Kier alpha value is -1.35. The fourth-order valence-electron chi connectivity index (χ4n) is 3.20. The van der Waals surface area contributed by atoms with Crippen LogP contribution in [0.1, 0.15) is 56.1 Å². The summed E-state index contributed by atoms with van der Waals surface area (Å²) in [5, 5.41) is 3.14. The van der Waals surface area contributed by atoms with Crippen LogP contribution in [0.2, 0.25) is 0 Å². The van der Waals surface area contributed by atoms with Crippen LogP contribution in [-0.4, -0.2) is 17.5 Å². The molecule has 2 fully saturated rings. The Labute approximate surface area is 127 Å². The molecule has 1 amide bonds. The van der Waals surface area contributed by atoms with E-state index in [9.17, 15) is 4.79 Å². The Morgan fingerprint density at radius 2 is 1.76 bits per heavy atom. The summed E-state index contributed by atoms with van der Waals surface area (Å²) in [6.07, 6.45) is 9.53. The van der Waals surface area contributed by atoms with Crippen LogP contribution in [0.5, 0.6) is 0 Å². The van der Waals surface area contributed by atoms with Gasteiger partial charge in [0.05, 0.1) is 0 Å². The summed E-state index contributed by atoms with van der Waals surface area (Å²) < 4.78 is 0. The topological polar surface area (TPSA) is 55.1 Å². The largest absolute Gasteiger partial charge is 0.353 e. The van der Waals surface area contributed by atoms with Crippen LogP contribution in [0, 0.1) is 0 Å². The van der Waals surface area contributed by atoms with Crippen molar-refractivity contribution in [3.8, 4) is 0 Å². The summed E-state index contributed by atoms with van der Waals surface area (Å²) in [6, 6.07) is 9.04. The van der Waals surface area contributed by atoms with Crippen molar-refractivity contribution < 1.29 is 4.79 Å². The fraction of sp³-hybridized carbons (Fsp3) is 0.611. The summed E-state index contributed by atoms with van der Waals surface area (Å²) in [6.45, 7) is 0. The number of carbonyl (C=O) groups excluding carboxylic acids is 1. The highest BCUT2D eigenvalue weighted by atomic mass is 16.1. The lowest BCUT2D eigenvalue weighted by Gasteiger charge is -2.12. The number of nitrogens with one attached hydrogen (secondary N) is 1. The van der Waals surface area contributed by atoms with Crippen molar-refractivity contribution >= 4 is 5.91 Å². The average Bonchev–Trinajstić information content (AvgIpc) is 2.98. The zero-order valence-corrected chi connectivity index (χ0v) is 12.7. The SMILES string of the molecule is NC1(Cc2ccc(CCC(=O)NC3CCCC3)cc2)CC1. The Morgan fingerprint density at radius 1 is 1.14 bits per heavy atom. The van der Waals surface area contributed by atoms with Crippen LogP contribution in [0.3, 0.4) is 0 Å². The van der Waals surface area contributed by atoms with E-state index < -0.39 is 0 Å². The second-order valence-electron chi connectivity index (χ2n) is 6.90. The van der Waals surface area contributed by atoms with Crippen LogP contribution in [0.15, 0.2) is 24.3 Å². The number of hydrogen-bond acceptors (Lipinski definition) is 2. The van der Waals surface area contributed by atoms with Gasteiger partial charge in [0.15, 0.2) is 0 Å². The van der Waals surface area contributed by atoms with E-state index in [1.54, 1.807) is 0 Å². The lowest BCUT2D eigenvalue weighted by Crippen LogP contribution is -2.32. The molecular weight excluding hydrogens is 260 g/mol. The highest BCUT2D eigenvalue weighted by molar-refractivity contribution is 5.76. The molecule has 0 atom stereocenters. The number of nitrogens with two attached hydrogens (primary N) is 1. The molecule has 0 spiro atoms. The van der Waals surface area contributed by atoms with Gasteiger partial charge in [-0.2, -0.15) is 0 Å². The number of rotatable bonds is 6. The molecule has 0 unspecified atom stereocenters. The van der Waals surface area contributed by atoms with Gasteiger partial charge in [-0.15, -0.1) is 0 Å². The van der Waals surface area contributed by atoms with Gasteiger partial charge in [0.2, 0.25) is 5.91 Å². The maximum absolute atomic E-state index is 11.9. The number of hydrogen-bond donors (Lipinski definition) is 2. The summed E-state index contributed by atoms with van der Waals surface area (Å²) in [7, 11) is 0. The fourth-order valence-corrected chi connectivity index (χ4v) is 3.20. The minimum atomic E-state index is 0.0721. The molecule has 3 heteroatoms. The molecule has 0 heterocycles. The van der Waals surface area contributed by atoms with E-state index >= 15 is 0 Å². The predicted molar refractivity (Wildman–Crippen MR) is 85.0 cm³/mol. The van der Waals surface area contributed by atoms with Gasteiger partial charge in [-0.1, -0.05) is 37.1 Å². The van der Waals surface area contributed by atoms with Gasteiger partial charge in [-0.25, -0.2) is 0 Å². The first kappa shape index (κ1) is 14.6. The zero-order valence-electron chi connectivity index (χ0n) is 12.7. The summed E-state index contributed by atoms with van der Waals surface area (Å²) in [5.41, 5.74) is 8.76. The molecule has 0 bridgehead atoms. The third kappa shape index (κ3) is 4.31. The number of benzene rings is 1. The molecule has 3 nitrogen and oxygen atoms in total. The van der Waals surface area contributed by atoms with E-state index in [0.717, 1.165) is 38.5 Å². The molecule has 3 N–H and O–H groups in total. The van der Waals surface area contributed by atoms with Crippen LogP contribution >= 0.6 is 0 Å². The maximum Gasteiger partial charge on any atom is 0.220 e. The van der Waals surface area contributed by atoms with Gasteiger partial charge in [0, 0.05) is 18.0 Å². The molecule has 3 rings (SSSR count). The summed E-state index contributed by atoms with van der Waals surface area (Å²) in [5.74, 6) is 0.199. The minimum Gasteiger partial charge on any atom is -0.353 e. The van der Waals surface area contributed by atoms with Crippen molar-refractivity contribution in [1.29, 1.82) is 0 Å². The molecule has 2 aliphatic carbocycles. The molecule has 2 aliphatic rings. The first-order chi connectivity index (χ1) is 10.1. The monoisotopic (exact) mass is 286 g/mol. The lowest BCUT2D eigenvalue weighted by atomic mass is 10.0. The van der Waals surface area contributed by atoms with Gasteiger partial charge in [0.25, 0.3) is 0 Å².